The van der Waals surface area contributed by atoms with Gasteiger partial charge in [-0.3, -0.25) is 9.59 Å². The third kappa shape index (κ3) is 6.01. The van der Waals surface area contributed by atoms with Crippen molar-refractivity contribution in [2.45, 2.75) is 38.8 Å². The van der Waals surface area contributed by atoms with Crippen LogP contribution < -0.4 is 20.1 Å². The zero-order chi connectivity index (χ0) is 22.3. The Morgan fingerprint density at radius 1 is 1.00 bits per heavy atom. The minimum absolute atomic E-state index is 0.0616. The van der Waals surface area contributed by atoms with Gasteiger partial charge in [-0.15, -0.1) is 0 Å². The van der Waals surface area contributed by atoms with Crippen molar-refractivity contribution in [2.24, 2.45) is 5.92 Å². The number of rotatable bonds is 7. The van der Waals surface area contributed by atoms with Crippen molar-refractivity contribution in [2.75, 3.05) is 34.4 Å². The Labute approximate surface area is 177 Å². The van der Waals surface area contributed by atoms with E-state index in [1.807, 2.05) is 13.8 Å². The molecule has 2 N–H and O–H groups in total. The molecule has 0 aromatic heterocycles. The van der Waals surface area contributed by atoms with Gasteiger partial charge < -0.3 is 29.7 Å². The van der Waals surface area contributed by atoms with Crippen molar-refractivity contribution in [1.82, 2.24) is 15.5 Å². The third-order valence-corrected chi connectivity index (χ3v) is 5.12. The predicted octanol–water partition coefficient (Wildman–Crippen LogP) is 1.81. The molecule has 0 bridgehead atoms. The Hall–Kier alpha value is -2.97. The van der Waals surface area contributed by atoms with Gasteiger partial charge in [0.2, 0.25) is 5.91 Å². The van der Waals surface area contributed by atoms with E-state index in [4.69, 9.17) is 14.2 Å². The van der Waals surface area contributed by atoms with Crippen molar-refractivity contribution in [1.29, 1.82) is 0 Å². The molecule has 166 valence electrons. The predicted molar refractivity (Wildman–Crippen MR) is 111 cm³/mol. The lowest BCUT2D eigenvalue weighted by Crippen LogP contribution is -2.54. The van der Waals surface area contributed by atoms with Gasteiger partial charge in [-0.25, -0.2) is 4.79 Å². The van der Waals surface area contributed by atoms with Gasteiger partial charge in [-0.1, -0.05) is 13.8 Å². The fourth-order valence-electron chi connectivity index (χ4n) is 3.32. The second kappa shape index (κ2) is 10.7. The molecule has 9 heteroatoms. The number of likely N-dealkylation sites (tertiary alicyclic amines) is 1. The summed E-state index contributed by atoms with van der Waals surface area (Å²) < 4.78 is 15.1. The molecule has 1 saturated heterocycles. The molecule has 30 heavy (non-hydrogen) atoms. The zero-order valence-electron chi connectivity index (χ0n) is 18.2. The van der Waals surface area contributed by atoms with Crippen molar-refractivity contribution in [3.8, 4) is 11.5 Å². The summed E-state index contributed by atoms with van der Waals surface area (Å²) in [6.45, 7) is 4.77. The molecule has 1 heterocycles. The minimum atomic E-state index is -0.701. The molecule has 1 atom stereocenters. The number of methoxy groups -OCH3 is 3. The van der Waals surface area contributed by atoms with E-state index in [0.717, 1.165) is 0 Å². The number of nitrogens with one attached hydrogen (secondary N) is 2. The average molecular weight is 421 g/mol. The van der Waals surface area contributed by atoms with Crippen LogP contribution in [-0.2, 0) is 9.53 Å². The first kappa shape index (κ1) is 23.3. The Kier molecular flexibility index (Phi) is 8.32. The van der Waals surface area contributed by atoms with Gasteiger partial charge in [-0.2, -0.15) is 0 Å². The summed E-state index contributed by atoms with van der Waals surface area (Å²) in [5.41, 5.74) is 0.344. The van der Waals surface area contributed by atoms with Crippen LogP contribution in [0, 0.1) is 5.92 Å². The number of hydrogen-bond donors (Lipinski definition) is 2. The first-order valence-corrected chi connectivity index (χ1v) is 9.96. The molecule has 9 nitrogen and oxygen atoms in total. The normalized spacial score (nSPS) is 15.3. The summed E-state index contributed by atoms with van der Waals surface area (Å²) in [5.74, 6) is 0.229. The Morgan fingerprint density at radius 3 is 2.03 bits per heavy atom. The van der Waals surface area contributed by atoms with Gasteiger partial charge in [-0.05, 0) is 30.9 Å². The molecule has 0 aliphatic carbocycles. The number of benzene rings is 1. The maximum atomic E-state index is 12.9. The molecule has 1 aromatic rings. The molecular weight excluding hydrogens is 390 g/mol. The number of amides is 3. The Morgan fingerprint density at radius 2 is 1.57 bits per heavy atom. The van der Waals surface area contributed by atoms with Crippen molar-refractivity contribution in [3.63, 3.8) is 0 Å². The van der Waals surface area contributed by atoms with Crippen LogP contribution in [0.2, 0.25) is 0 Å². The number of carbonyl (C=O) groups is 3. The molecule has 0 spiro atoms. The summed E-state index contributed by atoms with van der Waals surface area (Å²) in [6.07, 6.45) is 0.903. The van der Waals surface area contributed by atoms with E-state index in [2.05, 4.69) is 10.6 Å². The molecule has 1 aliphatic rings. The van der Waals surface area contributed by atoms with Gasteiger partial charge in [0.25, 0.3) is 5.91 Å². The van der Waals surface area contributed by atoms with E-state index in [9.17, 15) is 14.4 Å². The van der Waals surface area contributed by atoms with E-state index in [-0.39, 0.29) is 29.9 Å². The number of ether oxygens (including phenoxy) is 3. The summed E-state index contributed by atoms with van der Waals surface area (Å²) in [6, 6.07) is 4.09. The maximum Gasteiger partial charge on any atom is 0.409 e. The molecule has 1 aliphatic heterocycles. The van der Waals surface area contributed by atoms with E-state index < -0.39 is 6.04 Å². The molecule has 2 rings (SSSR count). The average Bonchev–Trinajstić information content (AvgIpc) is 2.76. The second-order valence-electron chi connectivity index (χ2n) is 7.54. The smallest absolute Gasteiger partial charge is 0.409 e. The fraction of sp³-hybridized carbons (Fsp3) is 0.571. The highest BCUT2D eigenvalue weighted by Crippen LogP contribution is 2.22. The zero-order valence-corrected chi connectivity index (χ0v) is 18.2. The van der Waals surface area contributed by atoms with Crippen LogP contribution in [0.15, 0.2) is 18.2 Å². The van der Waals surface area contributed by atoms with Gasteiger partial charge in [0.15, 0.2) is 0 Å². The van der Waals surface area contributed by atoms with Crippen molar-refractivity contribution < 1.29 is 28.6 Å². The lowest BCUT2D eigenvalue weighted by Gasteiger charge is -2.32. The number of nitrogens with zero attached hydrogens (tertiary/aromatic N) is 1. The van der Waals surface area contributed by atoms with Crippen LogP contribution in [0.1, 0.15) is 37.0 Å². The highest BCUT2D eigenvalue weighted by Gasteiger charge is 2.29. The summed E-state index contributed by atoms with van der Waals surface area (Å²) in [5, 5.41) is 5.81. The van der Waals surface area contributed by atoms with Crippen LogP contribution in [0.3, 0.4) is 0 Å². The van der Waals surface area contributed by atoms with Crippen LogP contribution in [0.5, 0.6) is 11.5 Å². The Balaban J connectivity index is 2.01. The maximum absolute atomic E-state index is 12.9. The van der Waals surface area contributed by atoms with Crippen molar-refractivity contribution >= 4 is 17.9 Å². The highest BCUT2D eigenvalue weighted by atomic mass is 16.5. The lowest BCUT2D eigenvalue weighted by atomic mass is 10.00. The van der Waals surface area contributed by atoms with Gasteiger partial charge in [0, 0.05) is 30.8 Å². The molecular formula is C21H31N3O6. The SMILES string of the molecule is COC(=O)N1CCC(NC(=O)C(NC(=O)c2cc(OC)cc(OC)c2)C(C)C)CC1. The standard InChI is InChI=1S/C21H31N3O6/c1-13(2)18(20(26)22-15-6-8-24(9-7-15)21(27)30-5)23-19(25)14-10-16(28-3)12-17(11-14)29-4/h10-13,15,18H,6-9H2,1-5H3,(H,22,26)(H,23,25). The Bertz CT molecular complexity index is 737. The quantitative estimate of drug-likeness (QED) is 0.696. The highest BCUT2D eigenvalue weighted by molar-refractivity contribution is 5.98. The summed E-state index contributed by atoms with van der Waals surface area (Å²) >= 11 is 0. The van der Waals surface area contributed by atoms with Crippen LogP contribution in [-0.4, -0.2) is 69.3 Å². The largest absolute Gasteiger partial charge is 0.497 e. The molecule has 1 unspecified atom stereocenters. The van der Waals surface area contributed by atoms with E-state index in [0.29, 0.717) is 43.0 Å². The third-order valence-electron chi connectivity index (χ3n) is 5.12. The lowest BCUT2D eigenvalue weighted by molar-refractivity contribution is -0.124. The molecule has 1 aromatic carbocycles. The number of carbonyl (C=O) groups excluding carboxylic acids is 3. The first-order valence-electron chi connectivity index (χ1n) is 9.96. The molecule has 0 radical (unpaired) electrons. The topological polar surface area (TPSA) is 106 Å². The first-order chi connectivity index (χ1) is 14.3. The molecule has 0 saturated carbocycles. The van der Waals surface area contributed by atoms with Gasteiger partial charge in [0.1, 0.15) is 17.5 Å². The van der Waals surface area contributed by atoms with Gasteiger partial charge >= 0.3 is 6.09 Å². The molecule has 3 amide bonds. The summed E-state index contributed by atoms with van der Waals surface area (Å²) in [7, 11) is 4.36. The minimum Gasteiger partial charge on any atom is -0.497 e. The number of hydrogen-bond acceptors (Lipinski definition) is 6. The van der Waals surface area contributed by atoms with E-state index in [1.165, 1.54) is 21.3 Å². The van der Waals surface area contributed by atoms with Crippen LogP contribution >= 0.6 is 0 Å². The van der Waals surface area contributed by atoms with Gasteiger partial charge in [0.05, 0.1) is 21.3 Å². The van der Waals surface area contributed by atoms with Crippen LogP contribution in [0.25, 0.3) is 0 Å². The van der Waals surface area contributed by atoms with Crippen molar-refractivity contribution in [3.05, 3.63) is 23.8 Å². The fourth-order valence-corrected chi connectivity index (χ4v) is 3.32. The monoisotopic (exact) mass is 421 g/mol. The summed E-state index contributed by atoms with van der Waals surface area (Å²) in [4.78, 5) is 38.8. The molecule has 1 fully saturated rings. The van der Waals surface area contributed by atoms with E-state index >= 15 is 0 Å². The second-order valence-corrected chi connectivity index (χ2v) is 7.54. The number of piperidine rings is 1. The van der Waals surface area contributed by atoms with E-state index in [1.54, 1.807) is 23.1 Å². The van der Waals surface area contributed by atoms with Crippen LogP contribution in [0.4, 0.5) is 4.79 Å².